The van der Waals surface area contributed by atoms with Gasteiger partial charge >= 0.3 is 6.03 Å². The number of amides is 4. The van der Waals surface area contributed by atoms with E-state index in [2.05, 4.69) is 10.3 Å². The number of aromatic nitrogens is 1. The van der Waals surface area contributed by atoms with E-state index in [9.17, 15) is 14.4 Å². The maximum atomic E-state index is 11.9. The average molecular weight is 267 g/mol. The quantitative estimate of drug-likeness (QED) is 0.827. The first-order chi connectivity index (χ1) is 8.50. The number of carbonyl (C=O) groups is 3. The number of carbonyl (C=O) groups excluding carboxylic acids is 3. The topological polar surface area (TPSA) is 79.4 Å². The molecule has 1 aromatic rings. The molecule has 18 heavy (non-hydrogen) atoms. The predicted octanol–water partition coefficient (Wildman–Crippen LogP) is 0.961. The molecule has 1 fully saturated rings. The minimum atomic E-state index is -0.814. The molecular weight excluding hydrogens is 254 g/mol. The number of rotatable bonds is 3. The molecule has 0 radical (unpaired) electrons. The van der Waals surface area contributed by atoms with Crippen molar-refractivity contribution in [2.45, 2.75) is 19.8 Å². The highest BCUT2D eigenvalue weighted by molar-refractivity contribution is 7.09. The molecule has 1 aliphatic heterocycles. The van der Waals surface area contributed by atoms with Crippen LogP contribution in [-0.2, 0) is 9.59 Å². The zero-order chi connectivity index (χ0) is 13.3. The summed E-state index contributed by atoms with van der Waals surface area (Å²) in [6.45, 7) is 3.61. The van der Waals surface area contributed by atoms with Crippen LogP contribution in [0, 0.1) is 5.92 Å². The lowest BCUT2D eigenvalue weighted by molar-refractivity contribution is -0.141. The van der Waals surface area contributed by atoms with Crippen molar-refractivity contribution in [2.24, 2.45) is 5.92 Å². The van der Waals surface area contributed by atoms with Crippen molar-refractivity contribution < 1.29 is 14.4 Å². The molecule has 4 amide bonds. The summed E-state index contributed by atoms with van der Waals surface area (Å²) in [5, 5.41) is 4.88. The summed E-state index contributed by atoms with van der Waals surface area (Å²) < 4.78 is 0. The van der Waals surface area contributed by atoms with Gasteiger partial charge in [-0.25, -0.2) is 9.78 Å². The van der Waals surface area contributed by atoms with E-state index in [0.717, 1.165) is 9.91 Å². The van der Waals surface area contributed by atoms with Crippen LogP contribution in [0.3, 0.4) is 0 Å². The Morgan fingerprint density at radius 2 is 2.22 bits per heavy atom. The number of hydrogen-bond donors (Lipinski definition) is 1. The second kappa shape index (κ2) is 4.85. The van der Waals surface area contributed by atoms with E-state index < -0.39 is 23.8 Å². The number of hydrogen-bond acceptors (Lipinski definition) is 5. The second-order valence-corrected chi connectivity index (χ2v) is 5.16. The molecule has 96 valence electrons. The molecule has 0 saturated carbocycles. The highest BCUT2D eigenvalue weighted by Gasteiger charge is 2.38. The van der Waals surface area contributed by atoms with Crippen molar-refractivity contribution in [3.8, 4) is 0 Å². The lowest BCUT2D eigenvalue weighted by atomic mass is 10.1. The maximum Gasteiger partial charge on any atom is 0.330 e. The predicted molar refractivity (Wildman–Crippen MR) is 64.9 cm³/mol. The van der Waals surface area contributed by atoms with Gasteiger partial charge in [-0.15, -0.1) is 11.3 Å². The van der Waals surface area contributed by atoms with E-state index in [-0.39, 0.29) is 12.5 Å². The Morgan fingerprint density at radius 1 is 1.50 bits per heavy atom. The number of nitrogens with zero attached hydrogens (tertiary/aromatic N) is 2. The first-order valence-corrected chi connectivity index (χ1v) is 6.44. The fourth-order valence-corrected chi connectivity index (χ4v) is 2.42. The van der Waals surface area contributed by atoms with Crippen molar-refractivity contribution >= 4 is 29.2 Å². The molecule has 0 bridgehead atoms. The molecule has 1 N–H and O–H groups in total. The summed E-state index contributed by atoms with van der Waals surface area (Å²) in [5.41, 5.74) is 0. The van der Waals surface area contributed by atoms with Gasteiger partial charge < -0.3 is 0 Å². The van der Waals surface area contributed by atoms with Gasteiger partial charge in [-0.2, -0.15) is 0 Å². The van der Waals surface area contributed by atoms with Gasteiger partial charge in [-0.3, -0.25) is 19.8 Å². The van der Waals surface area contributed by atoms with Crippen molar-refractivity contribution in [2.75, 3.05) is 6.54 Å². The number of nitrogens with one attached hydrogen (secondary N) is 1. The summed E-state index contributed by atoms with van der Waals surface area (Å²) in [5.74, 6) is -1.85. The van der Waals surface area contributed by atoms with E-state index in [1.54, 1.807) is 6.20 Å². The summed E-state index contributed by atoms with van der Waals surface area (Å²) >= 11 is 1.48. The van der Waals surface area contributed by atoms with Gasteiger partial charge in [-0.1, -0.05) is 6.92 Å². The van der Waals surface area contributed by atoms with Crippen molar-refractivity contribution in [1.82, 2.24) is 15.2 Å². The number of barbiturate groups is 1. The van der Waals surface area contributed by atoms with Crippen LogP contribution in [0.25, 0.3) is 0 Å². The minimum Gasteiger partial charge on any atom is -0.277 e. The van der Waals surface area contributed by atoms with Gasteiger partial charge in [0, 0.05) is 24.0 Å². The van der Waals surface area contributed by atoms with Gasteiger partial charge in [0.1, 0.15) is 5.92 Å². The average Bonchev–Trinajstić information content (AvgIpc) is 2.85. The first-order valence-electron chi connectivity index (χ1n) is 5.56. The highest BCUT2D eigenvalue weighted by atomic mass is 32.1. The molecule has 2 rings (SSSR count). The van der Waals surface area contributed by atoms with E-state index in [1.807, 2.05) is 12.3 Å². The normalized spacial score (nSPS) is 22.0. The molecule has 2 unspecified atom stereocenters. The zero-order valence-electron chi connectivity index (χ0n) is 10.0. The van der Waals surface area contributed by atoms with Crippen LogP contribution < -0.4 is 5.32 Å². The van der Waals surface area contributed by atoms with Crippen LogP contribution in [0.15, 0.2) is 11.6 Å². The van der Waals surface area contributed by atoms with E-state index in [4.69, 9.17) is 0 Å². The Hall–Kier alpha value is -1.76. The molecule has 0 aliphatic carbocycles. The Kier molecular flexibility index (Phi) is 3.42. The van der Waals surface area contributed by atoms with Gasteiger partial charge in [0.05, 0.1) is 5.01 Å². The Bertz CT molecular complexity index is 486. The molecular formula is C11H13N3O3S. The van der Waals surface area contributed by atoms with Gasteiger partial charge in [0.25, 0.3) is 0 Å². The largest absolute Gasteiger partial charge is 0.330 e. The maximum absolute atomic E-state index is 11.9. The third kappa shape index (κ3) is 2.26. The molecule has 0 spiro atoms. The Morgan fingerprint density at radius 3 is 2.83 bits per heavy atom. The van der Waals surface area contributed by atoms with Gasteiger partial charge in [0.2, 0.25) is 11.8 Å². The fourth-order valence-electron chi connectivity index (χ4n) is 1.73. The standard InChI is InChI=1S/C11H13N3O3S/c1-6(9-12-3-4-18-9)5-14-10(16)7(2)8(15)13-11(14)17/h3-4,6-7H,5H2,1-2H3,(H,13,15,17). The minimum absolute atomic E-state index is 0.0416. The van der Waals surface area contributed by atoms with Crippen LogP contribution in [0.5, 0.6) is 0 Å². The van der Waals surface area contributed by atoms with Gasteiger partial charge in [0.15, 0.2) is 0 Å². The number of urea groups is 1. The lowest BCUT2D eigenvalue weighted by Crippen LogP contribution is -2.57. The second-order valence-electron chi connectivity index (χ2n) is 4.24. The lowest BCUT2D eigenvalue weighted by Gasteiger charge is -2.29. The van der Waals surface area contributed by atoms with Crippen LogP contribution in [-0.4, -0.2) is 34.3 Å². The summed E-state index contributed by atoms with van der Waals surface area (Å²) in [4.78, 5) is 40.0. The Balaban J connectivity index is 2.11. The van der Waals surface area contributed by atoms with Crippen molar-refractivity contribution in [3.63, 3.8) is 0 Å². The van der Waals surface area contributed by atoms with Crippen molar-refractivity contribution in [1.29, 1.82) is 0 Å². The van der Waals surface area contributed by atoms with E-state index in [0.29, 0.717) is 0 Å². The third-order valence-electron chi connectivity index (χ3n) is 2.83. The molecule has 2 atom stereocenters. The fraction of sp³-hybridized carbons (Fsp3) is 0.455. The van der Waals surface area contributed by atoms with E-state index >= 15 is 0 Å². The van der Waals surface area contributed by atoms with Crippen LogP contribution in [0.2, 0.25) is 0 Å². The monoisotopic (exact) mass is 267 g/mol. The van der Waals surface area contributed by atoms with Crippen molar-refractivity contribution in [3.05, 3.63) is 16.6 Å². The zero-order valence-corrected chi connectivity index (χ0v) is 10.9. The van der Waals surface area contributed by atoms with E-state index in [1.165, 1.54) is 18.3 Å². The van der Waals surface area contributed by atoms with Gasteiger partial charge in [-0.05, 0) is 6.92 Å². The highest BCUT2D eigenvalue weighted by Crippen LogP contribution is 2.21. The summed E-state index contributed by atoms with van der Waals surface area (Å²) in [7, 11) is 0. The first kappa shape index (κ1) is 12.7. The van der Waals surface area contributed by atoms with Crippen LogP contribution >= 0.6 is 11.3 Å². The summed E-state index contributed by atoms with van der Waals surface area (Å²) in [6, 6.07) is -0.647. The molecule has 1 aliphatic rings. The van der Waals surface area contributed by atoms with Crippen LogP contribution in [0.4, 0.5) is 4.79 Å². The SMILES string of the molecule is CC1C(=O)NC(=O)N(CC(C)c2nccs2)C1=O. The molecule has 1 saturated heterocycles. The number of imide groups is 2. The molecule has 1 aromatic heterocycles. The summed E-state index contributed by atoms with van der Waals surface area (Å²) in [6.07, 6.45) is 1.68. The number of thiazole rings is 1. The molecule has 2 heterocycles. The molecule has 6 nitrogen and oxygen atoms in total. The third-order valence-corrected chi connectivity index (χ3v) is 3.84. The smallest absolute Gasteiger partial charge is 0.277 e. The molecule has 0 aromatic carbocycles. The Labute approximate surface area is 108 Å². The van der Waals surface area contributed by atoms with Crippen LogP contribution in [0.1, 0.15) is 24.8 Å². The molecule has 7 heteroatoms.